The molecule has 2 amide bonds. The fourth-order valence-electron chi connectivity index (χ4n) is 3.75. The van der Waals surface area contributed by atoms with Crippen LogP contribution in [0.5, 0.6) is 0 Å². The highest BCUT2D eigenvalue weighted by molar-refractivity contribution is 5.74. The van der Waals surface area contributed by atoms with Gasteiger partial charge in [0.2, 0.25) is 0 Å². The monoisotopic (exact) mass is 317 g/mol. The Bertz CT molecular complexity index is 534. The first kappa shape index (κ1) is 16.1. The summed E-state index contributed by atoms with van der Waals surface area (Å²) in [6.07, 6.45) is 2.17. The fraction of sp³-hybridized carbons (Fsp3) is 0.611. The smallest absolute Gasteiger partial charge is 0.319 e. The zero-order valence-electron chi connectivity index (χ0n) is 14.2. The molecule has 1 unspecified atom stereocenters. The van der Waals surface area contributed by atoms with Crippen molar-refractivity contribution in [1.82, 2.24) is 9.80 Å². The molecule has 0 saturated carbocycles. The predicted octanol–water partition coefficient (Wildman–Crippen LogP) is 2.29. The van der Waals surface area contributed by atoms with Crippen molar-refractivity contribution in [3.63, 3.8) is 0 Å². The number of hydrogen-bond acceptors (Lipinski definition) is 3. The van der Waals surface area contributed by atoms with Crippen LogP contribution in [0.3, 0.4) is 0 Å². The molecule has 0 bridgehead atoms. The Balaban J connectivity index is 1.77. The predicted molar refractivity (Wildman–Crippen MR) is 91.8 cm³/mol. The Morgan fingerprint density at radius 1 is 1.17 bits per heavy atom. The quantitative estimate of drug-likeness (QED) is 0.797. The highest BCUT2D eigenvalue weighted by atomic mass is 16.5. The van der Waals surface area contributed by atoms with Gasteiger partial charge >= 0.3 is 6.03 Å². The first-order valence-electron chi connectivity index (χ1n) is 8.44. The van der Waals surface area contributed by atoms with Gasteiger partial charge in [-0.3, -0.25) is 0 Å². The lowest BCUT2D eigenvalue weighted by Gasteiger charge is -2.44. The van der Waals surface area contributed by atoms with Gasteiger partial charge in [-0.05, 0) is 25.0 Å². The SMILES string of the molecule is CN(C)C(=O)N1CCCC2(COCCN(c3ccccc3)C2)C1. The van der Waals surface area contributed by atoms with Crippen LogP contribution in [0.1, 0.15) is 12.8 Å². The number of piperidine rings is 1. The van der Waals surface area contributed by atoms with Crippen LogP contribution in [-0.2, 0) is 4.74 Å². The number of para-hydroxylation sites is 1. The van der Waals surface area contributed by atoms with Gasteiger partial charge in [0.05, 0.1) is 13.2 Å². The van der Waals surface area contributed by atoms with E-state index in [0.717, 1.165) is 52.2 Å². The van der Waals surface area contributed by atoms with E-state index < -0.39 is 0 Å². The van der Waals surface area contributed by atoms with Crippen molar-refractivity contribution >= 4 is 11.7 Å². The van der Waals surface area contributed by atoms with Crippen LogP contribution < -0.4 is 4.90 Å². The van der Waals surface area contributed by atoms with Crippen LogP contribution in [0.25, 0.3) is 0 Å². The van der Waals surface area contributed by atoms with Crippen LogP contribution in [0.4, 0.5) is 10.5 Å². The number of likely N-dealkylation sites (tertiary alicyclic amines) is 1. The molecule has 1 aromatic rings. The lowest BCUT2D eigenvalue weighted by atomic mass is 9.80. The Morgan fingerprint density at radius 2 is 1.96 bits per heavy atom. The molecule has 0 radical (unpaired) electrons. The van der Waals surface area contributed by atoms with Gasteiger partial charge in [0, 0.05) is 51.4 Å². The van der Waals surface area contributed by atoms with Crippen molar-refractivity contribution in [3.05, 3.63) is 30.3 Å². The standard InChI is InChI=1S/C18H27N3O2/c1-19(2)17(22)21-10-6-9-18(14-21)13-20(11-12-23-15-18)16-7-4-3-5-8-16/h3-5,7-8H,6,9-15H2,1-2H3. The van der Waals surface area contributed by atoms with Crippen LogP contribution >= 0.6 is 0 Å². The third-order valence-corrected chi connectivity index (χ3v) is 4.88. The molecule has 5 heteroatoms. The summed E-state index contributed by atoms with van der Waals surface area (Å²) in [5, 5.41) is 0. The molecule has 23 heavy (non-hydrogen) atoms. The number of benzene rings is 1. The van der Waals surface area contributed by atoms with E-state index in [0.29, 0.717) is 0 Å². The molecule has 2 aliphatic rings. The first-order valence-corrected chi connectivity index (χ1v) is 8.44. The molecule has 1 atom stereocenters. The summed E-state index contributed by atoms with van der Waals surface area (Å²) in [6, 6.07) is 10.6. The first-order chi connectivity index (χ1) is 11.1. The van der Waals surface area contributed by atoms with Crippen molar-refractivity contribution < 1.29 is 9.53 Å². The molecule has 2 heterocycles. The largest absolute Gasteiger partial charge is 0.379 e. The number of carbonyl (C=O) groups excluding carboxylic acids is 1. The minimum Gasteiger partial charge on any atom is -0.379 e. The molecule has 2 fully saturated rings. The summed E-state index contributed by atoms with van der Waals surface area (Å²) < 4.78 is 5.93. The van der Waals surface area contributed by atoms with Crippen molar-refractivity contribution in [2.75, 3.05) is 58.4 Å². The average molecular weight is 317 g/mol. The molecule has 1 spiro atoms. The number of ether oxygens (including phenoxy) is 1. The Kier molecular flexibility index (Phi) is 4.76. The van der Waals surface area contributed by atoms with Gasteiger partial charge < -0.3 is 19.4 Å². The van der Waals surface area contributed by atoms with Gasteiger partial charge in [0.1, 0.15) is 0 Å². The Morgan fingerprint density at radius 3 is 2.70 bits per heavy atom. The van der Waals surface area contributed by atoms with E-state index >= 15 is 0 Å². The van der Waals surface area contributed by atoms with Crippen molar-refractivity contribution in [2.45, 2.75) is 12.8 Å². The lowest BCUT2D eigenvalue weighted by Crippen LogP contribution is -2.54. The second kappa shape index (κ2) is 6.79. The number of amides is 2. The Hall–Kier alpha value is -1.75. The van der Waals surface area contributed by atoms with Crippen LogP contribution in [-0.4, -0.2) is 69.3 Å². The average Bonchev–Trinajstić information content (AvgIpc) is 2.77. The molecule has 2 aliphatic heterocycles. The van der Waals surface area contributed by atoms with Gasteiger partial charge in [-0.1, -0.05) is 18.2 Å². The second-order valence-corrected chi connectivity index (χ2v) is 7.01. The third kappa shape index (κ3) is 3.61. The minimum atomic E-state index is 0.0380. The summed E-state index contributed by atoms with van der Waals surface area (Å²) in [5.41, 5.74) is 1.28. The molecule has 3 rings (SSSR count). The number of nitrogens with zero attached hydrogens (tertiary/aromatic N) is 3. The van der Waals surface area contributed by atoms with E-state index in [2.05, 4.69) is 29.2 Å². The van der Waals surface area contributed by atoms with Crippen LogP contribution in [0.15, 0.2) is 30.3 Å². The summed E-state index contributed by atoms with van der Waals surface area (Å²) in [5.74, 6) is 0. The topological polar surface area (TPSA) is 36.0 Å². The van der Waals surface area contributed by atoms with E-state index in [1.54, 1.807) is 4.90 Å². The van der Waals surface area contributed by atoms with Gasteiger partial charge in [-0.25, -0.2) is 4.79 Å². The molecule has 0 aliphatic carbocycles. The van der Waals surface area contributed by atoms with E-state index in [9.17, 15) is 4.79 Å². The molecule has 5 nitrogen and oxygen atoms in total. The molecule has 0 aromatic heterocycles. The fourth-order valence-corrected chi connectivity index (χ4v) is 3.75. The van der Waals surface area contributed by atoms with Crippen LogP contribution in [0, 0.1) is 5.41 Å². The maximum atomic E-state index is 12.4. The molecule has 2 saturated heterocycles. The summed E-state index contributed by atoms with van der Waals surface area (Å²) in [7, 11) is 3.65. The highest BCUT2D eigenvalue weighted by Crippen LogP contribution is 2.34. The van der Waals surface area contributed by atoms with Gasteiger partial charge in [-0.2, -0.15) is 0 Å². The number of hydrogen-bond donors (Lipinski definition) is 0. The summed E-state index contributed by atoms with van der Waals surface area (Å²) in [4.78, 5) is 18.4. The molecular weight excluding hydrogens is 290 g/mol. The van der Waals surface area contributed by atoms with Crippen LogP contribution in [0.2, 0.25) is 0 Å². The zero-order valence-corrected chi connectivity index (χ0v) is 14.2. The molecule has 0 N–H and O–H groups in total. The Labute approximate surface area is 138 Å². The normalized spacial score (nSPS) is 25.3. The molecular formula is C18H27N3O2. The second-order valence-electron chi connectivity index (χ2n) is 7.01. The van der Waals surface area contributed by atoms with Gasteiger partial charge in [-0.15, -0.1) is 0 Å². The number of anilines is 1. The van der Waals surface area contributed by atoms with Crippen molar-refractivity contribution in [2.24, 2.45) is 5.41 Å². The van der Waals surface area contributed by atoms with Gasteiger partial charge in [0.15, 0.2) is 0 Å². The van der Waals surface area contributed by atoms with E-state index in [1.165, 1.54) is 5.69 Å². The number of rotatable bonds is 1. The maximum Gasteiger partial charge on any atom is 0.319 e. The summed E-state index contributed by atoms with van der Waals surface area (Å²) in [6.45, 7) is 4.99. The number of carbonyl (C=O) groups is 1. The minimum absolute atomic E-state index is 0.0380. The third-order valence-electron chi connectivity index (χ3n) is 4.88. The highest BCUT2D eigenvalue weighted by Gasteiger charge is 2.40. The van der Waals surface area contributed by atoms with Crippen molar-refractivity contribution in [3.8, 4) is 0 Å². The molecule has 126 valence electrons. The van der Waals surface area contributed by atoms with E-state index in [1.807, 2.05) is 25.1 Å². The zero-order chi connectivity index (χ0) is 16.3. The summed E-state index contributed by atoms with van der Waals surface area (Å²) >= 11 is 0. The number of urea groups is 1. The van der Waals surface area contributed by atoms with Crippen molar-refractivity contribution in [1.29, 1.82) is 0 Å². The van der Waals surface area contributed by atoms with E-state index in [4.69, 9.17) is 4.74 Å². The van der Waals surface area contributed by atoms with Gasteiger partial charge in [0.25, 0.3) is 0 Å². The lowest BCUT2D eigenvalue weighted by molar-refractivity contribution is 0.0210. The molecule has 1 aromatic carbocycles. The maximum absolute atomic E-state index is 12.4. The van der Waals surface area contributed by atoms with E-state index in [-0.39, 0.29) is 11.4 Å².